The maximum absolute atomic E-state index is 14.0. The lowest BCUT2D eigenvalue weighted by Gasteiger charge is -2.12. The third kappa shape index (κ3) is 2.24. The molecular weight excluding hydrogens is 325 g/mol. The number of thioether (sulfide) groups is 1. The highest BCUT2D eigenvalue weighted by atomic mass is 35.5. The van der Waals surface area contributed by atoms with Gasteiger partial charge in [0, 0.05) is 12.1 Å². The predicted molar refractivity (Wildman–Crippen MR) is 72.9 cm³/mol. The molecule has 3 aromatic rings. The van der Waals surface area contributed by atoms with E-state index in [9.17, 15) is 13.2 Å². The second kappa shape index (κ2) is 5.19. The molecule has 3 rings (SSSR count). The van der Waals surface area contributed by atoms with Gasteiger partial charge >= 0.3 is 0 Å². The average molecular weight is 331 g/mol. The van der Waals surface area contributed by atoms with Gasteiger partial charge in [-0.05, 0) is 6.26 Å². The van der Waals surface area contributed by atoms with E-state index in [0.29, 0.717) is 17.2 Å². The number of hydrogen-bond acceptors (Lipinski definition) is 4. The maximum Gasteiger partial charge on any atom is 0.254 e. The third-order valence-corrected chi connectivity index (χ3v) is 3.83. The monoisotopic (exact) mass is 330 g/mol. The van der Waals surface area contributed by atoms with Gasteiger partial charge in [-0.1, -0.05) is 11.6 Å². The fraction of sp³-hybridized carbons (Fsp3) is 0.0833. The van der Waals surface area contributed by atoms with E-state index in [1.165, 1.54) is 22.6 Å². The summed E-state index contributed by atoms with van der Waals surface area (Å²) in [5, 5.41) is 4.16. The van der Waals surface area contributed by atoms with Crippen molar-refractivity contribution in [3.63, 3.8) is 0 Å². The molecule has 0 amide bonds. The first-order valence-electron chi connectivity index (χ1n) is 5.61. The summed E-state index contributed by atoms with van der Waals surface area (Å²) in [5.74, 6) is -2.93. The highest BCUT2D eigenvalue weighted by molar-refractivity contribution is 7.98. The summed E-state index contributed by atoms with van der Waals surface area (Å²) in [6, 6.07) is 1.18. The molecule has 2 aromatic heterocycles. The van der Waals surface area contributed by atoms with E-state index in [1.54, 1.807) is 6.26 Å². The minimum Gasteiger partial charge on any atom is -0.207 e. The van der Waals surface area contributed by atoms with Gasteiger partial charge in [-0.15, -0.1) is 11.8 Å². The van der Waals surface area contributed by atoms with Crippen LogP contribution in [0.5, 0.6) is 0 Å². The second-order valence-electron chi connectivity index (χ2n) is 4.00. The van der Waals surface area contributed by atoms with Gasteiger partial charge in [0.1, 0.15) is 34.0 Å². The van der Waals surface area contributed by atoms with Crippen molar-refractivity contribution in [3.05, 3.63) is 41.1 Å². The smallest absolute Gasteiger partial charge is 0.207 e. The molecular formula is C12H6ClF3N4S. The zero-order chi connectivity index (χ0) is 15.1. The van der Waals surface area contributed by atoms with Gasteiger partial charge in [-0.25, -0.2) is 13.2 Å². The number of rotatable bonds is 2. The topological polar surface area (TPSA) is 43.1 Å². The quantitative estimate of drug-likeness (QED) is 0.532. The van der Waals surface area contributed by atoms with E-state index in [4.69, 9.17) is 11.6 Å². The molecule has 0 saturated heterocycles. The van der Waals surface area contributed by atoms with Crippen molar-refractivity contribution in [2.45, 2.75) is 5.03 Å². The van der Waals surface area contributed by atoms with Crippen LogP contribution in [0.3, 0.4) is 0 Å². The summed E-state index contributed by atoms with van der Waals surface area (Å²) >= 11 is 7.20. The van der Waals surface area contributed by atoms with Crippen LogP contribution in [0.1, 0.15) is 0 Å². The Hall–Kier alpha value is -1.80. The lowest BCUT2D eigenvalue weighted by Crippen LogP contribution is -2.03. The number of hydrogen-bond donors (Lipinski definition) is 0. The van der Waals surface area contributed by atoms with Crippen LogP contribution in [0.25, 0.3) is 16.9 Å². The Morgan fingerprint density at radius 2 is 1.81 bits per heavy atom. The molecule has 0 radical (unpaired) electrons. The summed E-state index contributed by atoms with van der Waals surface area (Å²) in [5.41, 5.74) is -0.437. The van der Waals surface area contributed by atoms with Crippen molar-refractivity contribution >= 4 is 29.1 Å². The fourth-order valence-corrected chi connectivity index (χ4v) is 2.99. The van der Waals surface area contributed by atoms with Crippen molar-refractivity contribution < 1.29 is 13.2 Å². The minimum atomic E-state index is -1.06. The van der Waals surface area contributed by atoms with E-state index in [1.807, 2.05) is 0 Å². The Bertz CT molecular complexity index is 829. The van der Waals surface area contributed by atoms with Crippen LogP contribution >= 0.6 is 23.4 Å². The predicted octanol–water partition coefficient (Wildman–Crippen LogP) is 3.58. The zero-order valence-corrected chi connectivity index (χ0v) is 12.0. The molecule has 9 heteroatoms. The Kier molecular flexibility index (Phi) is 3.50. The highest BCUT2D eigenvalue weighted by Gasteiger charge is 2.23. The molecule has 0 saturated carbocycles. The molecule has 108 valence electrons. The maximum atomic E-state index is 14.0. The van der Waals surface area contributed by atoms with E-state index >= 15 is 0 Å². The molecule has 0 fully saturated rings. The van der Waals surface area contributed by atoms with E-state index in [0.717, 1.165) is 0 Å². The summed E-state index contributed by atoms with van der Waals surface area (Å²) in [4.78, 5) is 7.82. The van der Waals surface area contributed by atoms with Crippen LogP contribution in [-0.2, 0) is 0 Å². The van der Waals surface area contributed by atoms with Crippen LogP contribution in [-0.4, -0.2) is 25.8 Å². The molecule has 0 unspecified atom stereocenters. The highest BCUT2D eigenvalue weighted by Crippen LogP contribution is 2.38. The van der Waals surface area contributed by atoms with Gasteiger partial charge in [0.05, 0.1) is 11.1 Å². The van der Waals surface area contributed by atoms with E-state index < -0.39 is 23.0 Å². The van der Waals surface area contributed by atoms with Gasteiger partial charge in [-0.2, -0.15) is 19.6 Å². The van der Waals surface area contributed by atoms with Crippen molar-refractivity contribution in [2.75, 3.05) is 6.26 Å². The van der Waals surface area contributed by atoms with Crippen LogP contribution in [0, 0.1) is 17.5 Å². The largest absolute Gasteiger partial charge is 0.254 e. The molecule has 21 heavy (non-hydrogen) atoms. The lowest BCUT2D eigenvalue weighted by atomic mass is 10.1. The SMILES string of the molecule is CSc1c(-c2c(F)cc(F)cc2F)c(Cl)nc2ncnn12. The second-order valence-corrected chi connectivity index (χ2v) is 5.16. The van der Waals surface area contributed by atoms with Gasteiger partial charge < -0.3 is 0 Å². The van der Waals surface area contributed by atoms with Gasteiger partial charge in [0.25, 0.3) is 5.78 Å². The third-order valence-electron chi connectivity index (χ3n) is 2.79. The number of nitrogens with zero attached hydrogens (tertiary/aromatic N) is 4. The standard InChI is InChI=1S/C12H6ClF3N4S/c1-21-11-9(8-6(15)2-5(14)3-7(8)16)10(13)19-12-17-4-18-20(11)12/h2-4H,1H3. The number of benzene rings is 1. The molecule has 2 heterocycles. The van der Waals surface area contributed by atoms with Crippen molar-refractivity contribution in [1.82, 2.24) is 19.6 Å². The van der Waals surface area contributed by atoms with Crippen molar-refractivity contribution in [2.24, 2.45) is 0 Å². The zero-order valence-electron chi connectivity index (χ0n) is 10.4. The molecule has 0 aliphatic heterocycles. The molecule has 0 spiro atoms. The lowest BCUT2D eigenvalue weighted by molar-refractivity contribution is 0.547. The fourth-order valence-electron chi connectivity index (χ4n) is 1.97. The molecule has 0 N–H and O–H groups in total. The van der Waals surface area contributed by atoms with E-state index in [2.05, 4.69) is 15.1 Å². The van der Waals surface area contributed by atoms with Crippen LogP contribution in [0.4, 0.5) is 13.2 Å². The summed E-state index contributed by atoms with van der Waals surface area (Å²) in [6.45, 7) is 0. The Morgan fingerprint density at radius 1 is 1.14 bits per heavy atom. The summed E-state index contributed by atoms with van der Waals surface area (Å²) in [6.07, 6.45) is 2.94. The first-order chi connectivity index (χ1) is 10.0. The summed E-state index contributed by atoms with van der Waals surface area (Å²) in [7, 11) is 0. The Morgan fingerprint density at radius 3 is 2.43 bits per heavy atom. The summed E-state index contributed by atoms with van der Waals surface area (Å²) < 4.78 is 42.4. The average Bonchev–Trinajstić information content (AvgIpc) is 2.85. The first kappa shape index (κ1) is 14.2. The first-order valence-corrected chi connectivity index (χ1v) is 7.21. The minimum absolute atomic E-state index is 0.0113. The Balaban J connectivity index is 2.42. The number of fused-ring (bicyclic) bond motifs is 1. The normalized spacial score (nSPS) is 11.3. The van der Waals surface area contributed by atoms with Gasteiger partial charge in [0.15, 0.2) is 0 Å². The van der Waals surface area contributed by atoms with Crippen LogP contribution < -0.4 is 0 Å². The number of aromatic nitrogens is 4. The van der Waals surface area contributed by atoms with Gasteiger partial charge in [-0.3, -0.25) is 0 Å². The molecule has 0 atom stereocenters. The molecule has 1 aromatic carbocycles. The van der Waals surface area contributed by atoms with E-state index in [-0.39, 0.29) is 16.5 Å². The Labute approximate surface area is 126 Å². The van der Waals surface area contributed by atoms with Gasteiger partial charge in [0.2, 0.25) is 0 Å². The van der Waals surface area contributed by atoms with Crippen molar-refractivity contribution in [1.29, 1.82) is 0 Å². The molecule has 0 bridgehead atoms. The molecule has 4 nitrogen and oxygen atoms in total. The number of halogens is 4. The molecule has 0 aliphatic rings. The molecule has 0 aliphatic carbocycles. The van der Waals surface area contributed by atoms with Crippen LogP contribution in [0.2, 0.25) is 5.15 Å². The van der Waals surface area contributed by atoms with Crippen LogP contribution in [0.15, 0.2) is 23.5 Å². The van der Waals surface area contributed by atoms with Crippen molar-refractivity contribution in [3.8, 4) is 11.1 Å².